The Morgan fingerprint density at radius 2 is 1.68 bits per heavy atom. The van der Waals surface area contributed by atoms with Gasteiger partial charge >= 0.3 is 0 Å². The van der Waals surface area contributed by atoms with Crippen LogP contribution in [0.25, 0.3) is 0 Å². The van der Waals surface area contributed by atoms with Crippen LogP contribution in [0, 0.1) is 34.5 Å². The van der Waals surface area contributed by atoms with Crippen molar-refractivity contribution in [2.45, 2.75) is 83.2 Å². The molecule has 0 amide bonds. The summed E-state index contributed by atoms with van der Waals surface area (Å²) in [5, 5.41) is 0. The molecule has 0 N–H and O–H groups in total. The van der Waals surface area contributed by atoms with Crippen molar-refractivity contribution in [3.05, 3.63) is 11.6 Å². The van der Waals surface area contributed by atoms with Crippen LogP contribution >= 0.6 is 0 Å². The smallest absolute Gasteiger partial charge is 0.172 e. The van der Waals surface area contributed by atoms with E-state index in [0.29, 0.717) is 43.3 Å². The third-order valence-electron chi connectivity index (χ3n) is 10.6. The van der Waals surface area contributed by atoms with E-state index in [4.69, 9.17) is 18.9 Å². The fourth-order valence-corrected chi connectivity index (χ4v) is 9.23. The lowest BCUT2D eigenvalue weighted by Gasteiger charge is -2.60. The summed E-state index contributed by atoms with van der Waals surface area (Å²) in [4.78, 5) is 11.9. The number of ether oxygens (including phenoxy) is 4. The van der Waals surface area contributed by atoms with Crippen molar-refractivity contribution in [1.29, 1.82) is 0 Å². The molecule has 2 heterocycles. The number of carbonyl (C=O) groups is 1. The van der Waals surface area contributed by atoms with Gasteiger partial charge in [0, 0.05) is 25.2 Å². The maximum absolute atomic E-state index is 11.9. The normalized spacial score (nSPS) is 47.5. The van der Waals surface area contributed by atoms with Crippen LogP contribution in [-0.2, 0) is 23.7 Å². The fraction of sp³-hybridized carbons (Fsp3) is 0.885. The topological polar surface area (TPSA) is 54.0 Å². The van der Waals surface area contributed by atoms with Gasteiger partial charge in [0.1, 0.15) is 6.29 Å². The molecular formula is C26H38O5. The van der Waals surface area contributed by atoms with E-state index in [0.717, 1.165) is 51.7 Å². The Morgan fingerprint density at radius 3 is 2.42 bits per heavy atom. The molecule has 6 aliphatic rings. The summed E-state index contributed by atoms with van der Waals surface area (Å²) < 4.78 is 24.5. The lowest BCUT2D eigenvalue weighted by atomic mass is 9.46. The maximum atomic E-state index is 11.9. The molecule has 2 aliphatic heterocycles. The van der Waals surface area contributed by atoms with Crippen molar-refractivity contribution >= 4 is 6.29 Å². The molecule has 1 spiro atoms. The van der Waals surface area contributed by atoms with Crippen LogP contribution in [0.2, 0.25) is 0 Å². The largest absolute Gasteiger partial charge is 0.348 e. The minimum absolute atomic E-state index is 0.0390. The molecular weight excluding hydrogens is 392 g/mol. The molecule has 2 saturated heterocycles. The van der Waals surface area contributed by atoms with E-state index in [1.54, 1.807) is 5.57 Å². The molecule has 0 aromatic rings. The molecule has 6 rings (SSSR count). The summed E-state index contributed by atoms with van der Waals surface area (Å²) in [5.41, 5.74) is 1.87. The van der Waals surface area contributed by atoms with Gasteiger partial charge in [0.2, 0.25) is 0 Å². The van der Waals surface area contributed by atoms with E-state index in [9.17, 15) is 4.79 Å². The molecule has 5 nitrogen and oxygen atoms in total. The summed E-state index contributed by atoms with van der Waals surface area (Å²) in [6, 6.07) is 0. The molecule has 31 heavy (non-hydrogen) atoms. The van der Waals surface area contributed by atoms with Crippen LogP contribution in [0.3, 0.4) is 0 Å². The molecule has 0 bridgehead atoms. The first-order valence-electron chi connectivity index (χ1n) is 12.6. The van der Waals surface area contributed by atoms with E-state index in [1.807, 2.05) is 0 Å². The van der Waals surface area contributed by atoms with Gasteiger partial charge in [-0.25, -0.2) is 0 Å². The van der Waals surface area contributed by atoms with Gasteiger partial charge in [0.25, 0.3) is 0 Å². The molecule has 4 aliphatic carbocycles. The second-order valence-electron chi connectivity index (χ2n) is 11.5. The number of hydrogen-bond acceptors (Lipinski definition) is 5. The summed E-state index contributed by atoms with van der Waals surface area (Å²) in [6.07, 6.45) is 13.3. The van der Waals surface area contributed by atoms with E-state index in [-0.39, 0.29) is 16.6 Å². The van der Waals surface area contributed by atoms with E-state index in [2.05, 4.69) is 19.9 Å². The van der Waals surface area contributed by atoms with Crippen LogP contribution in [0.1, 0.15) is 71.6 Å². The highest BCUT2D eigenvalue weighted by molar-refractivity contribution is 5.51. The van der Waals surface area contributed by atoms with Crippen molar-refractivity contribution in [3.63, 3.8) is 0 Å². The van der Waals surface area contributed by atoms with Gasteiger partial charge in [-0.1, -0.05) is 18.6 Å². The highest BCUT2D eigenvalue weighted by Gasteiger charge is 2.65. The highest BCUT2D eigenvalue weighted by Crippen LogP contribution is 2.69. The van der Waals surface area contributed by atoms with Crippen LogP contribution in [0.15, 0.2) is 11.6 Å². The van der Waals surface area contributed by atoms with Crippen LogP contribution in [-0.4, -0.2) is 44.3 Å². The minimum atomic E-state index is -0.515. The van der Waals surface area contributed by atoms with Crippen molar-refractivity contribution in [3.8, 4) is 0 Å². The van der Waals surface area contributed by atoms with Gasteiger partial charge in [0.05, 0.1) is 26.4 Å². The lowest BCUT2D eigenvalue weighted by Crippen LogP contribution is -2.55. The van der Waals surface area contributed by atoms with Crippen molar-refractivity contribution in [1.82, 2.24) is 0 Å². The second kappa shape index (κ2) is 7.12. The number of hydrogen-bond donors (Lipinski definition) is 0. The zero-order valence-corrected chi connectivity index (χ0v) is 19.2. The summed E-state index contributed by atoms with van der Waals surface area (Å²) >= 11 is 0. The first kappa shape index (κ1) is 20.8. The summed E-state index contributed by atoms with van der Waals surface area (Å²) in [7, 11) is 0. The fourth-order valence-electron chi connectivity index (χ4n) is 9.23. The number of aldehydes is 1. The molecule has 0 radical (unpaired) electrons. The molecule has 0 aromatic carbocycles. The number of fused-ring (bicyclic) bond motifs is 5. The Morgan fingerprint density at radius 1 is 0.935 bits per heavy atom. The van der Waals surface area contributed by atoms with Gasteiger partial charge in [-0.2, -0.15) is 0 Å². The standard InChI is InChI=1S/C26H38O5/c1-23-9-10-26(30-15-16-31-26)17-18(23)3-4-19-20(23)7-8-25(11-12-27)21(19)5-6-22(25)24(2)28-13-14-29-24/h3,12,19-22H,4-11,13-17H2,1-2H3/t19-,20-,21+,22-,23-,25-/m1/s1. The van der Waals surface area contributed by atoms with Crippen molar-refractivity contribution in [2.24, 2.45) is 34.5 Å². The minimum Gasteiger partial charge on any atom is -0.348 e. The molecule has 0 aromatic heterocycles. The third kappa shape index (κ3) is 2.85. The average molecular weight is 431 g/mol. The quantitative estimate of drug-likeness (QED) is 0.482. The van der Waals surface area contributed by atoms with Crippen molar-refractivity contribution < 1.29 is 23.7 Å². The Balaban J connectivity index is 1.32. The number of allylic oxidation sites excluding steroid dienone is 1. The van der Waals surface area contributed by atoms with Gasteiger partial charge in [0.15, 0.2) is 11.6 Å². The summed E-state index contributed by atoms with van der Waals surface area (Å²) in [6.45, 7) is 7.47. The monoisotopic (exact) mass is 430 g/mol. The maximum Gasteiger partial charge on any atom is 0.172 e. The average Bonchev–Trinajstić information content (AvgIpc) is 3.48. The summed E-state index contributed by atoms with van der Waals surface area (Å²) in [5.74, 6) is 1.42. The van der Waals surface area contributed by atoms with E-state index < -0.39 is 5.79 Å². The zero-order valence-electron chi connectivity index (χ0n) is 19.2. The Hall–Kier alpha value is -0.750. The third-order valence-corrected chi connectivity index (χ3v) is 10.6. The van der Waals surface area contributed by atoms with Crippen molar-refractivity contribution in [2.75, 3.05) is 26.4 Å². The molecule has 0 unspecified atom stereocenters. The molecule has 5 heteroatoms. The van der Waals surface area contributed by atoms with Crippen LogP contribution in [0.4, 0.5) is 0 Å². The van der Waals surface area contributed by atoms with Crippen LogP contribution in [0.5, 0.6) is 0 Å². The Labute approximate surface area is 186 Å². The predicted molar refractivity (Wildman–Crippen MR) is 115 cm³/mol. The van der Waals surface area contributed by atoms with Gasteiger partial charge < -0.3 is 23.7 Å². The highest BCUT2D eigenvalue weighted by atomic mass is 16.7. The van der Waals surface area contributed by atoms with Gasteiger partial charge in [-0.05, 0) is 74.0 Å². The second-order valence-corrected chi connectivity index (χ2v) is 11.5. The molecule has 3 saturated carbocycles. The lowest BCUT2D eigenvalue weighted by molar-refractivity contribution is -0.220. The first-order valence-corrected chi connectivity index (χ1v) is 12.6. The van der Waals surface area contributed by atoms with E-state index in [1.165, 1.54) is 19.1 Å². The first-order chi connectivity index (χ1) is 14.9. The Kier molecular flexibility index (Phi) is 4.79. The number of rotatable bonds is 3. The number of carbonyl (C=O) groups excluding carboxylic acids is 1. The zero-order chi connectivity index (χ0) is 21.3. The van der Waals surface area contributed by atoms with Crippen LogP contribution < -0.4 is 0 Å². The molecule has 6 atom stereocenters. The van der Waals surface area contributed by atoms with E-state index >= 15 is 0 Å². The van der Waals surface area contributed by atoms with Gasteiger partial charge in [-0.15, -0.1) is 0 Å². The SMILES string of the molecule is CC1([C@H]2CC[C@H]3[C@@H]4CC=C5CC6(CC[C@@]5(C)[C@@H]4CC[C@]23CC=O)OCCO6)OCCO1. The molecule has 5 fully saturated rings. The van der Waals surface area contributed by atoms with Gasteiger partial charge in [-0.3, -0.25) is 0 Å². The molecule has 172 valence electrons. The predicted octanol–water partition coefficient (Wildman–Crippen LogP) is 4.64. The Bertz CT molecular complexity index is 764.